The summed E-state index contributed by atoms with van der Waals surface area (Å²) in [7, 11) is 0. The molecule has 0 radical (unpaired) electrons. The normalized spacial score (nSPS) is 11.5. The molecule has 0 fully saturated rings. The third kappa shape index (κ3) is 3.49. The summed E-state index contributed by atoms with van der Waals surface area (Å²) in [5, 5.41) is 0. The molecule has 4 heteroatoms. The molecule has 0 nitrogen and oxygen atoms in total. The maximum absolute atomic E-state index is 12.4. The predicted molar refractivity (Wildman–Crippen MR) is 62.9 cm³/mol. The first-order valence-electron chi connectivity index (χ1n) is 4.96. The average molecular weight is 350 g/mol. The minimum atomic E-state index is -4.24. The predicted octanol–water partition coefficient (Wildman–Crippen LogP) is 2.36. The molecular weight excluding hydrogens is 341 g/mol. The molecule has 0 spiro atoms. The zero-order valence-corrected chi connectivity index (χ0v) is 11.1. The number of rotatable bonds is 2. The molecule has 0 unspecified atom stereocenters. The van der Waals surface area contributed by atoms with Gasteiger partial charge >= 0.3 is 108 Å². The van der Waals surface area contributed by atoms with Crippen LogP contribution in [-0.2, 0) is 6.18 Å². The van der Waals surface area contributed by atoms with Crippen molar-refractivity contribution in [2.45, 2.75) is 6.18 Å². The van der Waals surface area contributed by atoms with Gasteiger partial charge in [0.1, 0.15) is 0 Å². The van der Waals surface area contributed by atoms with Gasteiger partial charge in [-0.2, -0.15) is 0 Å². The molecule has 0 bridgehead atoms. The maximum atomic E-state index is 12.4. The summed E-state index contributed by atoms with van der Waals surface area (Å²) in [6.45, 7) is 0. The quantitative estimate of drug-likeness (QED) is 0.730. The third-order valence-corrected chi connectivity index (χ3v) is 5.06. The molecule has 2 rings (SSSR count). The van der Waals surface area contributed by atoms with E-state index in [9.17, 15) is 13.2 Å². The molecule has 0 saturated heterocycles. The van der Waals surface area contributed by atoms with Crippen LogP contribution in [0.1, 0.15) is 5.56 Å². The van der Waals surface area contributed by atoms with E-state index in [1.165, 1.54) is 3.61 Å². The standard InChI is InChI=1S/C13H9F3Te/c14-13(15,16)10-6-8-12(9-7-10)17-11-4-2-1-3-5-11/h1-9H. The molecule has 2 aromatic rings. The topological polar surface area (TPSA) is 0 Å². The van der Waals surface area contributed by atoms with E-state index in [0.29, 0.717) is 0 Å². The van der Waals surface area contributed by atoms with E-state index >= 15 is 0 Å². The van der Waals surface area contributed by atoms with Crippen molar-refractivity contribution in [3.63, 3.8) is 0 Å². The molecule has 17 heavy (non-hydrogen) atoms. The summed E-state index contributed by atoms with van der Waals surface area (Å²) in [5.74, 6) is 0. The van der Waals surface area contributed by atoms with Crippen LogP contribution in [0.25, 0.3) is 0 Å². The van der Waals surface area contributed by atoms with Crippen LogP contribution in [0.3, 0.4) is 0 Å². The van der Waals surface area contributed by atoms with Gasteiger partial charge in [-0.25, -0.2) is 0 Å². The van der Waals surface area contributed by atoms with E-state index in [2.05, 4.69) is 0 Å². The van der Waals surface area contributed by atoms with Crippen LogP contribution < -0.4 is 7.22 Å². The molecule has 0 atom stereocenters. The SMILES string of the molecule is FC(F)(F)c1ccc([Te]c2ccccc2)cc1. The Morgan fingerprint density at radius 3 is 1.76 bits per heavy atom. The second kappa shape index (κ2) is 5.12. The Morgan fingerprint density at radius 2 is 1.24 bits per heavy atom. The van der Waals surface area contributed by atoms with Crippen LogP contribution >= 0.6 is 0 Å². The molecule has 0 saturated carbocycles. The van der Waals surface area contributed by atoms with Crippen molar-refractivity contribution < 1.29 is 13.2 Å². The first-order valence-corrected chi connectivity index (χ1v) is 7.29. The summed E-state index contributed by atoms with van der Waals surface area (Å²) in [4.78, 5) is 0. The minimum absolute atomic E-state index is 0.577. The van der Waals surface area contributed by atoms with Gasteiger partial charge in [0.25, 0.3) is 0 Å². The monoisotopic (exact) mass is 352 g/mol. The first-order chi connectivity index (χ1) is 8.05. The van der Waals surface area contributed by atoms with E-state index in [4.69, 9.17) is 0 Å². The van der Waals surface area contributed by atoms with E-state index < -0.39 is 32.7 Å². The van der Waals surface area contributed by atoms with Crippen LogP contribution in [0.5, 0.6) is 0 Å². The molecule has 0 aliphatic rings. The Labute approximate surface area is 108 Å². The second-order valence-corrected chi connectivity index (χ2v) is 6.71. The van der Waals surface area contributed by atoms with Gasteiger partial charge in [0.2, 0.25) is 0 Å². The van der Waals surface area contributed by atoms with Gasteiger partial charge in [0.05, 0.1) is 0 Å². The molecule has 88 valence electrons. The fraction of sp³-hybridized carbons (Fsp3) is 0.0769. The Bertz CT molecular complexity index is 474. The van der Waals surface area contributed by atoms with Crippen molar-refractivity contribution in [3.8, 4) is 0 Å². The van der Waals surface area contributed by atoms with Crippen LogP contribution in [0.4, 0.5) is 13.2 Å². The number of benzene rings is 2. The summed E-state index contributed by atoms with van der Waals surface area (Å²) in [6.07, 6.45) is -4.24. The van der Waals surface area contributed by atoms with Crippen molar-refractivity contribution in [1.82, 2.24) is 0 Å². The van der Waals surface area contributed by atoms with Crippen LogP contribution in [0.15, 0.2) is 54.6 Å². The molecular formula is C13H9F3Te. The van der Waals surface area contributed by atoms with Crippen molar-refractivity contribution in [1.29, 1.82) is 0 Å². The molecule has 0 aliphatic carbocycles. The average Bonchev–Trinajstić information content (AvgIpc) is 2.30. The first kappa shape index (κ1) is 12.5. The van der Waals surface area contributed by atoms with E-state index in [-0.39, 0.29) is 0 Å². The van der Waals surface area contributed by atoms with E-state index in [0.717, 1.165) is 15.7 Å². The van der Waals surface area contributed by atoms with Gasteiger partial charge in [-0.1, -0.05) is 0 Å². The van der Waals surface area contributed by atoms with Crippen LogP contribution in [-0.4, -0.2) is 20.9 Å². The van der Waals surface area contributed by atoms with Crippen LogP contribution in [0, 0.1) is 0 Å². The Balaban J connectivity index is 2.14. The zero-order chi connectivity index (χ0) is 12.3. The van der Waals surface area contributed by atoms with Gasteiger partial charge in [-0.15, -0.1) is 0 Å². The van der Waals surface area contributed by atoms with Gasteiger partial charge < -0.3 is 0 Å². The van der Waals surface area contributed by atoms with Gasteiger partial charge in [0.15, 0.2) is 0 Å². The fourth-order valence-electron chi connectivity index (χ4n) is 1.34. The van der Waals surface area contributed by atoms with E-state index in [1.807, 2.05) is 30.3 Å². The van der Waals surface area contributed by atoms with E-state index in [1.54, 1.807) is 12.1 Å². The second-order valence-electron chi connectivity index (χ2n) is 3.44. The Hall–Kier alpha value is -0.980. The number of hydrogen-bond donors (Lipinski definition) is 0. The summed E-state index contributed by atoms with van der Waals surface area (Å²) < 4.78 is 39.3. The molecule has 0 aliphatic heterocycles. The molecule has 0 N–H and O–H groups in total. The zero-order valence-electron chi connectivity index (χ0n) is 8.74. The van der Waals surface area contributed by atoms with Crippen molar-refractivity contribution in [2.75, 3.05) is 0 Å². The molecule has 0 heterocycles. The van der Waals surface area contributed by atoms with Gasteiger partial charge in [0, 0.05) is 0 Å². The summed E-state index contributed by atoms with van der Waals surface area (Å²) in [6, 6.07) is 15.3. The van der Waals surface area contributed by atoms with Crippen molar-refractivity contribution >= 4 is 28.1 Å². The summed E-state index contributed by atoms with van der Waals surface area (Å²) >= 11 is -0.577. The molecule has 0 amide bonds. The van der Waals surface area contributed by atoms with Gasteiger partial charge in [-0.3, -0.25) is 0 Å². The van der Waals surface area contributed by atoms with Crippen LogP contribution in [0.2, 0.25) is 0 Å². The Kier molecular flexibility index (Phi) is 3.76. The van der Waals surface area contributed by atoms with Crippen molar-refractivity contribution in [3.05, 3.63) is 60.2 Å². The Morgan fingerprint density at radius 1 is 0.706 bits per heavy atom. The van der Waals surface area contributed by atoms with Gasteiger partial charge in [-0.05, 0) is 0 Å². The van der Waals surface area contributed by atoms with Crippen molar-refractivity contribution in [2.24, 2.45) is 0 Å². The summed E-state index contributed by atoms with van der Waals surface area (Å²) in [5.41, 5.74) is -0.582. The number of hydrogen-bond acceptors (Lipinski definition) is 0. The number of halogens is 3. The molecule has 2 aromatic carbocycles. The third-order valence-electron chi connectivity index (χ3n) is 2.16. The molecule has 0 aromatic heterocycles. The fourth-order valence-corrected chi connectivity index (χ4v) is 3.73. The number of alkyl halides is 3.